The van der Waals surface area contributed by atoms with Gasteiger partial charge in [-0.1, -0.05) is 22.0 Å². The summed E-state index contributed by atoms with van der Waals surface area (Å²) >= 11 is 3.06. The molecule has 2 rings (SSSR count). The molecule has 2 amide bonds. The van der Waals surface area contributed by atoms with Crippen molar-refractivity contribution >= 4 is 46.2 Å². The van der Waals surface area contributed by atoms with E-state index in [2.05, 4.69) is 26.6 Å². The average molecular weight is 439 g/mol. The van der Waals surface area contributed by atoms with Crippen molar-refractivity contribution in [2.24, 2.45) is 0 Å². The summed E-state index contributed by atoms with van der Waals surface area (Å²) < 4.78 is 49.8. The summed E-state index contributed by atoms with van der Waals surface area (Å²) in [6.45, 7) is 0. The molecular weight excluding hydrogens is 428 g/mol. The molecule has 2 aromatic carbocycles. The monoisotopic (exact) mass is 438 g/mol. The molecule has 0 aromatic heterocycles. The minimum atomic E-state index is -4.67. The molecule has 0 bridgehead atoms. The average Bonchev–Trinajstić information content (AvgIpc) is 2.47. The molecule has 0 aliphatic rings. The lowest BCUT2D eigenvalue weighted by atomic mass is 10.2. The van der Waals surface area contributed by atoms with E-state index < -0.39 is 30.7 Å². The second-order valence-corrected chi connectivity index (χ2v) is 7.35. The molecule has 0 saturated carbocycles. The number of hydrogen-bond donors (Lipinski definition) is 4. The molecule has 0 fully saturated rings. The fraction of sp³-hybridized carbons (Fsp3) is 0.0714. The van der Waals surface area contributed by atoms with Crippen molar-refractivity contribution in [1.29, 1.82) is 0 Å². The van der Waals surface area contributed by atoms with Gasteiger partial charge in [0.15, 0.2) is 0 Å². The van der Waals surface area contributed by atoms with E-state index in [1.54, 1.807) is 0 Å². The van der Waals surface area contributed by atoms with Crippen molar-refractivity contribution < 1.29 is 32.3 Å². The Hall–Kier alpha value is -1.87. The summed E-state index contributed by atoms with van der Waals surface area (Å²) in [5.41, 5.74) is -1.23. The van der Waals surface area contributed by atoms with E-state index in [1.165, 1.54) is 18.2 Å². The molecule has 0 heterocycles. The molecule has 0 radical (unpaired) electrons. The van der Waals surface area contributed by atoms with Crippen molar-refractivity contribution in [1.82, 2.24) is 0 Å². The summed E-state index contributed by atoms with van der Waals surface area (Å²) in [6, 6.07) is 6.86. The predicted molar refractivity (Wildman–Crippen MR) is 89.9 cm³/mol. The van der Waals surface area contributed by atoms with Gasteiger partial charge in [-0.2, -0.15) is 13.2 Å². The predicted octanol–water partition coefficient (Wildman–Crippen LogP) is 3.91. The van der Waals surface area contributed by atoms with Crippen LogP contribution >= 0.6 is 23.5 Å². The third-order valence-corrected chi connectivity index (χ3v) is 4.46. The van der Waals surface area contributed by atoms with Crippen LogP contribution in [-0.4, -0.2) is 15.8 Å². The van der Waals surface area contributed by atoms with Crippen molar-refractivity contribution in [3.05, 3.63) is 52.5 Å². The van der Waals surface area contributed by atoms with E-state index in [0.29, 0.717) is 4.47 Å². The van der Waals surface area contributed by atoms with Gasteiger partial charge in [0.2, 0.25) is 0 Å². The van der Waals surface area contributed by atoms with Crippen molar-refractivity contribution in [3.63, 3.8) is 0 Å². The minimum absolute atomic E-state index is 0.123. The maximum atomic E-state index is 12.7. The SMILES string of the molecule is O=C(Nc1cccc(C(F)(F)F)c1)Nc1ccc(Br)cc1P(=O)(O)O. The Morgan fingerprint density at radius 1 is 1.08 bits per heavy atom. The lowest BCUT2D eigenvalue weighted by molar-refractivity contribution is -0.137. The molecule has 4 N–H and O–H groups in total. The Morgan fingerprint density at radius 2 is 1.76 bits per heavy atom. The molecule has 0 unspecified atom stereocenters. The van der Waals surface area contributed by atoms with Gasteiger partial charge in [0.25, 0.3) is 0 Å². The Balaban J connectivity index is 2.21. The fourth-order valence-corrected chi connectivity index (χ4v) is 3.20. The standard InChI is InChI=1S/C14H11BrF3N2O4P/c15-9-4-5-11(12(7-9)25(22,23)24)20-13(21)19-10-3-1-2-8(6-10)14(16,17)18/h1-7H,(H2,19,20,21)(H2,22,23,24). The number of amides is 2. The number of carbonyl (C=O) groups excluding carboxylic acids is 1. The number of rotatable bonds is 3. The number of nitrogens with one attached hydrogen (secondary N) is 2. The quantitative estimate of drug-likeness (QED) is 0.546. The van der Waals surface area contributed by atoms with Gasteiger partial charge >= 0.3 is 19.8 Å². The molecule has 0 spiro atoms. The second-order valence-electron chi connectivity index (χ2n) is 4.86. The van der Waals surface area contributed by atoms with Crippen LogP contribution in [0.5, 0.6) is 0 Å². The van der Waals surface area contributed by atoms with E-state index in [9.17, 15) is 32.3 Å². The maximum absolute atomic E-state index is 12.7. The zero-order valence-electron chi connectivity index (χ0n) is 12.2. The zero-order valence-corrected chi connectivity index (χ0v) is 14.7. The van der Waals surface area contributed by atoms with E-state index in [4.69, 9.17) is 0 Å². The number of benzene rings is 2. The van der Waals surface area contributed by atoms with Crippen LogP contribution in [0.15, 0.2) is 46.9 Å². The first-order valence-electron chi connectivity index (χ1n) is 6.58. The number of alkyl halides is 3. The normalized spacial score (nSPS) is 11.9. The van der Waals surface area contributed by atoms with Gasteiger partial charge in [0.05, 0.1) is 16.6 Å². The van der Waals surface area contributed by atoms with Crippen LogP contribution in [0.1, 0.15) is 5.56 Å². The second kappa shape index (κ2) is 7.17. The van der Waals surface area contributed by atoms with Gasteiger partial charge in [0, 0.05) is 10.2 Å². The Kier molecular flexibility index (Phi) is 5.58. The highest BCUT2D eigenvalue weighted by molar-refractivity contribution is 9.10. The number of anilines is 2. The molecule has 25 heavy (non-hydrogen) atoms. The molecule has 134 valence electrons. The third kappa shape index (κ3) is 5.30. The third-order valence-electron chi connectivity index (χ3n) is 2.97. The fourth-order valence-electron chi connectivity index (χ4n) is 1.91. The van der Waals surface area contributed by atoms with Crippen LogP contribution in [0, 0.1) is 0 Å². The molecule has 2 aromatic rings. The minimum Gasteiger partial charge on any atom is -0.321 e. The summed E-state index contributed by atoms with van der Waals surface area (Å²) in [7, 11) is -4.67. The van der Waals surface area contributed by atoms with E-state index in [1.807, 2.05) is 0 Å². The van der Waals surface area contributed by atoms with E-state index in [0.717, 1.165) is 24.3 Å². The maximum Gasteiger partial charge on any atom is 0.416 e. The van der Waals surface area contributed by atoms with E-state index in [-0.39, 0.29) is 11.4 Å². The van der Waals surface area contributed by atoms with Gasteiger partial charge in [0.1, 0.15) is 0 Å². The summed E-state index contributed by atoms with van der Waals surface area (Å²) in [5.74, 6) is 0. The largest absolute Gasteiger partial charge is 0.416 e. The Bertz CT molecular complexity index is 854. The number of halogens is 4. The van der Waals surface area contributed by atoms with Crippen LogP contribution in [0.3, 0.4) is 0 Å². The van der Waals surface area contributed by atoms with Crippen LogP contribution in [0.2, 0.25) is 0 Å². The van der Waals surface area contributed by atoms with Crippen LogP contribution in [0.4, 0.5) is 29.3 Å². The molecule has 0 aliphatic carbocycles. The highest BCUT2D eigenvalue weighted by atomic mass is 79.9. The molecule has 0 saturated heterocycles. The lowest BCUT2D eigenvalue weighted by Gasteiger charge is -2.14. The first-order chi connectivity index (χ1) is 11.5. The van der Waals surface area contributed by atoms with Crippen molar-refractivity contribution in [2.45, 2.75) is 6.18 Å². The van der Waals surface area contributed by atoms with Gasteiger partial charge in [-0.25, -0.2) is 4.79 Å². The number of carbonyl (C=O) groups is 1. The van der Waals surface area contributed by atoms with Gasteiger partial charge in [-0.05, 0) is 36.4 Å². The summed E-state index contributed by atoms with van der Waals surface area (Å²) in [5, 5.41) is 3.96. The molecule has 0 atom stereocenters. The molecular formula is C14H11BrF3N2O4P. The highest BCUT2D eigenvalue weighted by Gasteiger charge is 2.30. The first kappa shape index (κ1) is 19.5. The van der Waals surface area contributed by atoms with Crippen LogP contribution in [0.25, 0.3) is 0 Å². The van der Waals surface area contributed by atoms with Gasteiger partial charge in [-0.3, -0.25) is 4.57 Å². The van der Waals surface area contributed by atoms with Crippen molar-refractivity contribution in [2.75, 3.05) is 10.6 Å². The highest BCUT2D eigenvalue weighted by Crippen LogP contribution is 2.37. The Morgan fingerprint density at radius 3 is 2.36 bits per heavy atom. The first-order valence-corrected chi connectivity index (χ1v) is 8.98. The lowest BCUT2D eigenvalue weighted by Crippen LogP contribution is -2.23. The number of hydrogen-bond acceptors (Lipinski definition) is 2. The topological polar surface area (TPSA) is 98.7 Å². The zero-order chi connectivity index (χ0) is 18.8. The smallest absolute Gasteiger partial charge is 0.321 e. The van der Waals surface area contributed by atoms with Crippen LogP contribution < -0.4 is 15.9 Å². The van der Waals surface area contributed by atoms with Crippen LogP contribution in [-0.2, 0) is 10.7 Å². The number of urea groups is 1. The molecule has 6 nitrogen and oxygen atoms in total. The molecule has 11 heteroatoms. The summed E-state index contributed by atoms with van der Waals surface area (Å²) in [6.07, 6.45) is -4.56. The van der Waals surface area contributed by atoms with E-state index >= 15 is 0 Å². The Labute approximate surface area is 148 Å². The molecule has 0 aliphatic heterocycles. The summed E-state index contributed by atoms with van der Waals surface area (Å²) in [4.78, 5) is 30.6. The van der Waals surface area contributed by atoms with Gasteiger partial charge in [-0.15, -0.1) is 0 Å². The van der Waals surface area contributed by atoms with Crippen molar-refractivity contribution in [3.8, 4) is 0 Å². The van der Waals surface area contributed by atoms with Gasteiger partial charge < -0.3 is 20.4 Å².